The van der Waals surface area contributed by atoms with Gasteiger partial charge >= 0.3 is 0 Å². The summed E-state index contributed by atoms with van der Waals surface area (Å²) in [4.78, 5) is 4.34. The van der Waals surface area contributed by atoms with E-state index >= 15 is 0 Å². The summed E-state index contributed by atoms with van der Waals surface area (Å²) in [5.74, 6) is 0. The standard InChI is InChI=1S/C12H26N4/c1-11(2)14-12(3,9-13)10-16(6)8-7-15(4)5/h11,14H,7-8,10H2,1-6H3. The monoisotopic (exact) mass is 226 g/mol. The summed E-state index contributed by atoms with van der Waals surface area (Å²) in [7, 11) is 6.18. The van der Waals surface area contributed by atoms with E-state index in [1.54, 1.807) is 0 Å². The zero-order valence-corrected chi connectivity index (χ0v) is 11.5. The third-order valence-corrected chi connectivity index (χ3v) is 2.37. The van der Waals surface area contributed by atoms with Gasteiger partial charge in [0, 0.05) is 25.7 Å². The quantitative estimate of drug-likeness (QED) is 0.696. The van der Waals surface area contributed by atoms with Crippen LogP contribution < -0.4 is 5.32 Å². The lowest BCUT2D eigenvalue weighted by Crippen LogP contribution is -2.52. The van der Waals surface area contributed by atoms with Gasteiger partial charge in [-0.2, -0.15) is 5.26 Å². The first kappa shape index (κ1) is 15.4. The molecule has 0 heterocycles. The lowest BCUT2D eigenvalue weighted by Gasteiger charge is -2.31. The fourth-order valence-electron chi connectivity index (χ4n) is 1.74. The van der Waals surface area contributed by atoms with Gasteiger partial charge in [0.15, 0.2) is 0 Å². The largest absolute Gasteiger partial charge is 0.308 e. The molecule has 4 nitrogen and oxygen atoms in total. The van der Waals surface area contributed by atoms with Gasteiger partial charge in [-0.3, -0.25) is 5.32 Å². The molecule has 1 unspecified atom stereocenters. The Labute approximate surface area is 100 Å². The highest BCUT2D eigenvalue weighted by Crippen LogP contribution is 2.05. The number of nitrogens with zero attached hydrogens (tertiary/aromatic N) is 3. The molecule has 0 aliphatic rings. The zero-order valence-electron chi connectivity index (χ0n) is 11.5. The maximum absolute atomic E-state index is 9.21. The Hall–Kier alpha value is -0.630. The van der Waals surface area contributed by atoms with Crippen molar-refractivity contribution >= 4 is 0 Å². The molecule has 0 amide bonds. The van der Waals surface area contributed by atoms with Crippen LogP contribution in [0.4, 0.5) is 0 Å². The van der Waals surface area contributed by atoms with E-state index in [2.05, 4.69) is 56.2 Å². The van der Waals surface area contributed by atoms with Gasteiger partial charge < -0.3 is 9.80 Å². The predicted octanol–water partition coefficient (Wildman–Crippen LogP) is 0.760. The van der Waals surface area contributed by atoms with Gasteiger partial charge in [0.1, 0.15) is 5.54 Å². The smallest absolute Gasteiger partial charge is 0.116 e. The molecule has 0 aliphatic heterocycles. The second-order valence-electron chi connectivity index (χ2n) is 5.28. The molecule has 1 N–H and O–H groups in total. The minimum absolute atomic E-state index is 0.326. The van der Waals surface area contributed by atoms with E-state index in [-0.39, 0.29) is 0 Å². The van der Waals surface area contributed by atoms with Crippen LogP contribution in [0.2, 0.25) is 0 Å². The Kier molecular flexibility index (Phi) is 6.58. The summed E-state index contributed by atoms with van der Waals surface area (Å²) in [5.41, 5.74) is -0.463. The summed E-state index contributed by atoms with van der Waals surface area (Å²) in [5, 5.41) is 12.5. The van der Waals surface area contributed by atoms with Crippen LogP contribution in [-0.4, -0.2) is 62.2 Å². The molecule has 0 radical (unpaired) electrons. The van der Waals surface area contributed by atoms with E-state index in [0.717, 1.165) is 19.6 Å². The first-order chi connectivity index (χ1) is 7.29. The molecule has 0 saturated heterocycles. The maximum Gasteiger partial charge on any atom is 0.116 e. The SMILES string of the molecule is CC(C)NC(C)(C#N)CN(C)CCN(C)C. The third kappa shape index (κ3) is 6.78. The minimum Gasteiger partial charge on any atom is -0.308 e. The van der Waals surface area contributed by atoms with Crippen LogP contribution in [-0.2, 0) is 0 Å². The lowest BCUT2D eigenvalue weighted by molar-refractivity contribution is 0.229. The van der Waals surface area contributed by atoms with E-state index in [9.17, 15) is 5.26 Å². The van der Waals surface area contributed by atoms with Gasteiger partial charge in [0.25, 0.3) is 0 Å². The average Bonchev–Trinajstić information content (AvgIpc) is 2.13. The molecule has 94 valence electrons. The summed E-state index contributed by atoms with van der Waals surface area (Å²) in [6, 6.07) is 2.69. The molecule has 0 aromatic heterocycles. The molecule has 16 heavy (non-hydrogen) atoms. The molecule has 4 heteroatoms. The highest BCUT2D eigenvalue weighted by molar-refractivity contribution is 5.06. The Balaban J connectivity index is 4.16. The van der Waals surface area contributed by atoms with Crippen LogP contribution in [0.1, 0.15) is 20.8 Å². The van der Waals surface area contributed by atoms with Crippen LogP contribution in [0.3, 0.4) is 0 Å². The van der Waals surface area contributed by atoms with Crippen molar-refractivity contribution in [2.24, 2.45) is 0 Å². The number of hydrogen-bond donors (Lipinski definition) is 1. The molecular formula is C12H26N4. The van der Waals surface area contributed by atoms with Crippen molar-refractivity contribution in [2.75, 3.05) is 40.8 Å². The average molecular weight is 226 g/mol. The number of likely N-dealkylation sites (N-methyl/N-ethyl adjacent to an activating group) is 2. The van der Waals surface area contributed by atoms with Gasteiger partial charge in [0.05, 0.1) is 6.07 Å². The van der Waals surface area contributed by atoms with Crippen LogP contribution in [0.15, 0.2) is 0 Å². The molecule has 0 aliphatic carbocycles. The minimum atomic E-state index is -0.463. The van der Waals surface area contributed by atoms with Crippen LogP contribution >= 0.6 is 0 Å². The van der Waals surface area contributed by atoms with Gasteiger partial charge in [-0.15, -0.1) is 0 Å². The summed E-state index contributed by atoms with van der Waals surface area (Å²) >= 11 is 0. The molecule has 0 bridgehead atoms. The number of nitrogens with one attached hydrogen (secondary N) is 1. The van der Waals surface area contributed by atoms with Crippen molar-refractivity contribution in [2.45, 2.75) is 32.4 Å². The predicted molar refractivity (Wildman–Crippen MR) is 68.3 cm³/mol. The second kappa shape index (κ2) is 6.85. The zero-order chi connectivity index (χ0) is 12.8. The van der Waals surface area contributed by atoms with Gasteiger partial charge in [0.2, 0.25) is 0 Å². The van der Waals surface area contributed by atoms with E-state index in [1.807, 2.05) is 6.92 Å². The van der Waals surface area contributed by atoms with Gasteiger partial charge in [-0.05, 0) is 41.9 Å². The fraction of sp³-hybridized carbons (Fsp3) is 0.917. The van der Waals surface area contributed by atoms with Crippen molar-refractivity contribution in [3.63, 3.8) is 0 Å². The Morgan fingerprint density at radius 3 is 2.19 bits per heavy atom. The molecule has 0 rings (SSSR count). The van der Waals surface area contributed by atoms with Crippen molar-refractivity contribution in [1.29, 1.82) is 5.26 Å². The maximum atomic E-state index is 9.21. The van der Waals surface area contributed by atoms with E-state index < -0.39 is 5.54 Å². The highest BCUT2D eigenvalue weighted by atomic mass is 15.2. The number of rotatable bonds is 7. The molecule has 0 spiro atoms. The van der Waals surface area contributed by atoms with Crippen molar-refractivity contribution < 1.29 is 0 Å². The Morgan fingerprint density at radius 2 is 1.81 bits per heavy atom. The molecule has 0 saturated carbocycles. The van der Waals surface area contributed by atoms with Crippen molar-refractivity contribution in [1.82, 2.24) is 15.1 Å². The van der Waals surface area contributed by atoms with Gasteiger partial charge in [-0.1, -0.05) is 0 Å². The van der Waals surface area contributed by atoms with Gasteiger partial charge in [-0.25, -0.2) is 0 Å². The van der Waals surface area contributed by atoms with Crippen LogP contribution in [0, 0.1) is 11.3 Å². The molecule has 0 fully saturated rings. The second-order valence-corrected chi connectivity index (χ2v) is 5.28. The normalized spacial score (nSPS) is 15.5. The van der Waals surface area contributed by atoms with E-state index in [1.165, 1.54) is 0 Å². The number of nitriles is 1. The first-order valence-electron chi connectivity index (χ1n) is 5.81. The van der Waals surface area contributed by atoms with E-state index in [0.29, 0.717) is 6.04 Å². The number of hydrogen-bond acceptors (Lipinski definition) is 4. The fourth-order valence-corrected chi connectivity index (χ4v) is 1.74. The highest BCUT2D eigenvalue weighted by Gasteiger charge is 2.25. The summed E-state index contributed by atoms with van der Waals surface area (Å²) in [6.45, 7) is 8.82. The molecule has 0 aromatic carbocycles. The summed E-state index contributed by atoms with van der Waals surface area (Å²) in [6.07, 6.45) is 0. The topological polar surface area (TPSA) is 42.3 Å². The lowest BCUT2D eigenvalue weighted by atomic mass is 10.0. The molecule has 1 atom stereocenters. The van der Waals surface area contributed by atoms with Crippen LogP contribution in [0.25, 0.3) is 0 Å². The van der Waals surface area contributed by atoms with E-state index in [4.69, 9.17) is 0 Å². The Morgan fingerprint density at radius 1 is 1.25 bits per heavy atom. The third-order valence-electron chi connectivity index (χ3n) is 2.37. The van der Waals surface area contributed by atoms with Crippen molar-refractivity contribution in [3.8, 4) is 6.07 Å². The molecule has 0 aromatic rings. The Bertz CT molecular complexity index is 232. The van der Waals surface area contributed by atoms with Crippen molar-refractivity contribution in [3.05, 3.63) is 0 Å². The van der Waals surface area contributed by atoms with Crippen LogP contribution in [0.5, 0.6) is 0 Å². The molecular weight excluding hydrogens is 200 g/mol. The summed E-state index contributed by atoms with van der Waals surface area (Å²) < 4.78 is 0. The first-order valence-corrected chi connectivity index (χ1v) is 5.81.